The van der Waals surface area contributed by atoms with Crippen molar-refractivity contribution >= 4 is 5.91 Å². The normalized spacial score (nSPS) is 14.1. The molecule has 0 aromatic carbocycles. The van der Waals surface area contributed by atoms with E-state index < -0.39 is 5.60 Å². The molecule has 1 unspecified atom stereocenters. The minimum atomic E-state index is -1.26. The Labute approximate surface area is 117 Å². The highest BCUT2D eigenvalue weighted by atomic mass is 16.4. The molecule has 0 aliphatic heterocycles. The van der Waals surface area contributed by atoms with Crippen LogP contribution in [0.5, 0.6) is 0 Å². The average Bonchev–Trinajstić information content (AvgIpc) is 2.94. The van der Waals surface area contributed by atoms with Gasteiger partial charge in [-0.25, -0.2) is 0 Å². The molecule has 108 valence electrons. The summed E-state index contributed by atoms with van der Waals surface area (Å²) in [5.74, 6) is 1.73. The summed E-state index contributed by atoms with van der Waals surface area (Å²) >= 11 is 0. The Morgan fingerprint density at radius 3 is 2.50 bits per heavy atom. The molecule has 0 saturated carbocycles. The van der Waals surface area contributed by atoms with Crippen molar-refractivity contribution in [2.75, 3.05) is 6.54 Å². The maximum atomic E-state index is 11.9. The van der Waals surface area contributed by atoms with E-state index in [2.05, 4.69) is 5.32 Å². The summed E-state index contributed by atoms with van der Waals surface area (Å²) in [7, 11) is 0. The first-order chi connectivity index (χ1) is 9.29. The van der Waals surface area contributed by atoms with Crippen LogP contribution in [-0.2, 0) is 5.60 Å². The van der Waals surface area contributed by atoms with E-state index in [1.54, 1.807) is 39.0 Å². The summed E-state index contributed by atoms with van der Waals surface area (Å²) in [6, 6.07) is 5.14. The SMILES string of the molecule is Cc1ccc(C(C)(O)CNC(=O)c2cc(C)c(C)o2)o1. The summed E-state index contributed by atoms with van der Waals surface area (Å²) in [5.41, 5.74) is -0.343. The Balaban J connectivity index is 2.02. The highest BCUT2D eigenvalue weighted by Crippen LogP contribution is 2.22. The third kappa shape index (κ3) is 2.93. The van der Waals surface area contributed by atoms with E-state index in [0.717, 1.165) is 5.56 Å². The second-order valence-corrected chi connectivity index (χ2v) is 5.22. The number of carbonyl (C=O) groups is 1. The van der Waals surface area contributed by atoms with Gasteiger partial charge in [-0.3, -0.25) is 4.79 Å². The van der Waals surface area contributed by atoms with E-state index in [4.69, 9.17) is 8.83 Å². The average molecular weight is 277 g/mol. The van der Waals surface area contributed by atoms with Crippen molar-refractivity contribution in [2.45, 2.75) is 33.3 Å². The van der Waals surface area contributed by atoms with Gasteiger partial charge in [-0.2, -0.15) is 0 Å². The number of furan rings is 2. The lowest BCUT2D eigenvalue weighted by molar-refractivity contribution is 0.0319. The largest absolute Gasteiger partial charge is 0.463 e. The molecule has 2 heterocycles. The molecule has 1 amide bonds. The third-order valence-corrected chi connectivity index (χ3v) is 3.25. The molecule has 0 bridgehead atoms. The van der Waals surface area contributed by atoms with Gasteiger partial charge in [0, 0.05) is 0 Å². The van der Waals surface area contributed by atoms with Crippen LogP contribution in [0.2, 0.25) is 0 Å². The minimum Gasteiger partial charge on any atom is -0.463 e. The molecule has 1 atom stereocenters. The molecular weight excluding hydrogens is 258 g/mol. The van der Waals surface area contributed by atoms with Crippen LogP contribution in [0, 0.1) is 20.8 Å². The molecule has 0 spiro atoms. The molecular formula is C15H19NO4. The Morgan fingerprint density at radius 2 is 2.00 bits per heavy atom. The van der Waals surface area contributed by atoms with Gasteiger partial charge in [-0.1, -0.05) is 0 Å². The smallest absolute Gasteiger partial charge is 0.287 e. The topological polar surface area (TPSA) is 75.6 Å². The van der Waals surface area contributed by atoms with Crippen LogP contribution in [0.3, 0.4) is 0 Å². The first-order valence-electron chi connectivity index (χ1n) is 6.44. The predicted molar refractivity (Wildman–Crippen MR) is 73.5 cm³/mol. The highest BCUT2D eigenvalue weighted by molar-refractivity contribution is 5.91. The monoisotopic (exact) mass is 277 g/mol. The Morgan fingerprint density at radius 1 is 1.30 bits per heavy atom. The Bertz CT molecular complexity index is 602. The van der Waals surface area contributed by atoms with Crippen molar-refractivity contribution in [3.8, 4) is 0 Å². The number of amides is 1. The number of hydrogen-bond acceptors (Lipinski definition) is 4. The number of aliphatic hydroxyl groups is 1. The van der Waals surface area contributed by atoms with Gasteiger partial charge in [0.1, 0.15) is 22.9 Å². The van der Waals surface area contributed by atoms with Crippen LogP contribution < -0.4 is 5.32 Å². The van der Waals surface area contributed by atoms with Crippen LogP contribution in [0.4, 0.5) is 0 Å². The van der Waals surface area contributed by atoms with Gasteiger partial charge in [-0.05, 0) is 51.5 Å². The number of aryl methyl sites for hydroxylation is 3. The first kappa shape index (κ1) is 14.4. The second kappa shape index (κ2) is 5.17. The van der Waals surface area contributed by atoms with Gasteiger partial charge in [0.15, 0.2) is 5.76 Å². The Kier molecular flexibility index (Phi) is 3.72. The molecule has 2 aromatic heterocycles. The second-order valence-electron chi connectivity index (χ2n) is 5.22. The number of nitrogens with one attached hydrogen (secondary N) is 1. The molecule has 0 fully saturated rings. The van der Waals surface area contributed by atoms with Crippen molar-refractivity contribution < 1.29 is 18.7 Å². The van der Waals surface area contributed by atoms with Gasteiger partial charge in [0.25, 0.3) is 5.91 Å². The van der Waals surface area contributed by atoms with Crippen molar-refractivity contribution in [2.24, 2.45) is 0 Å². The Hall–Kier alpha value is -2.01. The predicted octanol–water partition coefficient (Wildman–Crippen LogP) is 2.44. The first-order valence-corrected chi connectivity index (χ1v) is 6.44. The summed E-state index contributed by atoms with van der Waals surface area (Å²) in [4.78, 5) is 11.9. The van der Waals surface area contributed by atoms with E-state index in [1.165, 1.54) is 0 Å². The van der Waals surface area contributed by atoms with E-state index in [9.17, 15) is 9.90 Å². The van der Waals surface area contributed by atoms with E-state index in [1.807, 2.05) is 6.92 Å². The van der Waals surface area contributed by atoms with Crippen LogP contribution in [0.1, 0.15) is 40.3 Å². The van der Waals surface area contributed by atoms with Crippen LogP contribution >= 0.6 is 0 Å². The minimum absolute atomic E-state index is 0.0393. The number of rotatable bonds is 4. The number of carbonyl (C=O) groups excluding carboxylic acids is 1. The molecule has 0 aliphatic rings. The van der Waals surface area contributed by atoms with Gasteiger partial charge in [0.2, 0.25) is 0 Å². The fourth-order valence-electron chi connectivity index (χ4n) is 1.84. The molecule has 5 nitrogen and oxygen atoms in total. The zero-order chi connectivity index (χ0) is 14.9. The van der Waals surface area contributed by atoms with Gasteiger partial charge < -0.3 is 19.3 Å². The fourth-order valence-corrected chi connectivity index (χ4v) is 1.84. The lowest BCUT2D eigenvalue weighted by Crippen LogP contribution is -2.38. The van der Waals surface area contributed by atoms with Crippen LogP contribution in [-0.4, -0.2) is 17.6 Å². The molecule has 5 heteroatoms. The highest BCUT2D eigenvalue weighted by Gasteiger charge is 2.28. The van der Waals surface area contributed by atoms with Crippen LogP contribution in [0.15, 0.2) is 27.0 Å². The molecule has 0 radical (unpaired) electrons. The van der Waals surface area contributed by atoms with E-state index in [0.29, 0.717) is 17.3 Å². The molecule has 0 saturated heterocycles. The van der Waals surface area contributed by atoms with Crippen molar-refractivity contribution in [3.05, 3.63) is 46.8 Å². The molecule has 2 aromatic rings. The molecule has 0 aliphatic carbocycles. The van der Waals surface area contributed by atoms with Crippen molar-refractivity contribution in [3.63, 3.8) is 0 Å². The lowest BCUT2D eigenvalue weighted by atomic mass is 10.0. The van der Waals surface area contributed by atoms with Crippen molar-refractivity contribution in [1.82, 2.24) is 5.32 Å². The quantitative estimate of drug-likeness (QED) is 0.900. The van der Waals surface area contributed by atoms with Gasteiger partial charge >= 0.3 is 0 Å². The summed E-state index contributed by atoms with van der Waals surface area (Å²) in [6.45, 7) is 7.10. The lowest BCUT2D eigenvalue weighted by Gasteiger charge is -2.20. The zero-order valence-corrected chi connectivity index (χ0v) is 12.1. The summed E-state index contributed by atoms with van der Waals surface area (Å²) < 4.78 is 10.7. The molecule has 2 N–H and O–H groups in total. The maximum Gasteiger partial charge on any atom is 0.287 e. The maximum absolute atomic E-state index is 11.9. The van der Waals surface area contributed by atoms with Crippen LogP contribution in [0.25, 0.3) is 0 Å². The van der Waals surface area contributed by atoms with Gasteiger partial charge in [-0.15, -0.1) is 0 Å². The van der Waals surface area contributed by atoms with E-state index in [-0.39, 0.29) is 18.2 Å². The van der Waals surface area contributed by atoms with Crippen molar-refractivity contribution in [1.29, 1.82) is 0 Å². The summed E-state index contributed by atoms with van der Waals surface area (Å²) in [5, 5.41) is 13.0. The number of hydrogen-bond donors (Lipinski definition) is 2. The molecule has 20 heavy (non-hydrogen) atoms. The molecule has 2 rings (SSSR count). The van der Waals surface area contributed by atoms with E-state index >= 15 is 0 Å². The fraction of sp³-hybridized carbons (Fsp3) is 0.400. The van der Waals surface area contributed by atoms with Gasteiger partial charge in [0.05, 0.1) is 6.54 Å². The summed E-state index contributed by atoms with van der Waals surface area (Å²) in [6.07, 6.45) is 0. The third-order valence-electron chi connectivity index (χ3n) is 3.25. The standard InChI is InChI=1S/C15H19NO4/c1-9-7-12(20-11(9)3)14(17)16-8-15(4,18)13-6-5-10(2)19-13/h5-7,18H,8H2,1-4H3,(H,16,17). The zero-order valence-electron chi connectivity index (χ0n) is 12.1.